The van der Waals surface area contributed by atoms with Crippen LogP contribution in [-0.4, -0.2) is 42.0 Å². The number of hydrogen-bond donors (Lipinski definition) is 1. The molecule has 0 amide bonds. The van der Waals surface area contributed by atoms with E-state index in [9.17, 15) is 4.39 Å². The van der Waals surface area contributed by atoms with E-state index < -0.39 is 0 Å². The van der Waals surface area contributed by atoms with Gasteiger partial charge in [-0.15, -0.1) is 0 Å². The summed E-state index contributed by atoms with van der Waals surface area (Å²) in [6.07, 6.45) is 1.20. The summed E-state index contributed by atoms with van der Waals surface area (Å²) in [7, 11) is 0. The molecule has 0 aromatic heterocycles. The summed E-state index contributed by atoms with van der Waals surface area (Å²) in [5.74, 6) is -0.171. The van der Waals surface area contributed by atoms with Gasteiger partial charge in [-0.3, -0.25) is 9.80 Å². The quantitative estimate of drug-likeness (QED) is 0.897. The maximum absolute atomic E-state index is 13.4. The molecule has 20 heavy (non-hydrogen) atoms. The fourth-order valence-corrected chi connectivity index (χ4v) is 2.80. The minimum atomic E-state index is -0.171. The van der Waals surface area contributed by atoms with Crippen molar-refractivity contribution < 1.29 is 4.39 Å². The number of nitrogens with zero attached hydrogens (tertiary/aromatic N) is 2. The van der Waals surface area contributed by atoms with Crippen molar-refractivity contribution in [1.29, 1.82) is 0 Å². The fourth-order valence-electron chi connectivity index (χ4n) is 2.80. The Morgan fingerprint density at radius 3 is 2.50 bits per heavy atom. The molecule has 1 fully saturated rings. The van der Waals surface area contributed by atoms with Gasteiger partial charge in [0.25, 0.3) is 0 Å². The maximum Gasteiger partial charge on any atom is 0.123 e. The van der Waals surface area contributed by atoms with E-state index >= 15 is 0 Å². The van der Waals surface area contributed by atoms with E-state index in [1.54, 1.807) is 12.1 Å². The number of halogens is 1. The van der Waals surface area contributed by atoms with Gasteiger partial charge in [-0.05, 0) is 36.6 Å². The third kappa shape index (κ3) is 3.78. The average Bonchev–Trinajstić information content (AvgIpc) is 2.47. The molecule has 1 saturated heterocycles. The first kappa shape index (κ1) is 15.4. The van der Waals surface area contributed by atoms with E-state index in [2.05, 4.69) is 23.6 Å². The number of piperazine rings is 1. The predicted octanol–water partition coefficient (Wildman–Crippen LogP) is 2.20. The van der Waals surface area contributed by atoms with Crippen LogP contribution >= 0.6 is 0 Å². The van der Waals surface area contributed by atoms with E-state index in [1.807, 2.05) is 0 Å². The normalized spacial score (nSPS) is 19.2. The Hall–Kier alpha value is -0.970. The molecule has 1 heterocycles. The lowest BCUT2D eigenvalue weighted by Gasteiger charge is -2.38. The molecule has 0 radical (unpaired) electrons. The largest absolute Gasteiger partial charge is 0.326 e. The Labute approximate surface area is 121 Å². The molecule has 2 N–H and O–H groups in total. The molecule has 112 valence electrons. The Balaban J connectivity index is 1.94. The summed E-state index contributed by atoms with van der Waals surface area (Å²) in [5.41, 5.74) is 7.82. The second-order valence-corrected chi connectivity index (χ2v) is 5.69. The first-order chi connectivity index (χ1) is 9.63. The van der Waals surface area contributed by atoms with Crippen molar-refractivity contribution in [3.8, 4) is 0 Å². The zero-order chi connectivity index (χ0) is 14.5. The Bertz CT molecular complexity index is 428. The van der Waals surface area contributed by atoms with Crippen molar-refractivity contribution in [2.24, 2.45) is 5.73 Å². The van der Waals surface area contributed by atoms with Crippen LogP contribution < -0.4 is 5.73 Å². The molecule has 0 aliphatic carbocycles. The van der Waals surface area contributed by atoms with Gasteiger partial charge in [0, 0.05) is 45.3 Å². The van der Waals surface area contributed by atoms with Crippen molar-refractivity contribution >= 4 is 0 Å². The highest BCUT2D eigenvalue weighted by atomic mass is 19.1. The average molecular weight is 279 g/mol. The van der Waals surface area contributed by atoms with Gasteiger partial charge >= 0.3 is 0 Å². The van der Waals surface area contributed by atoms with Gasteiger partial charge in [-0.2, -0.15) is 0 Å². The summed E-state index contributed by atoms with van der Waals surface area (Å²) in [5, 5.41) is 0. The van der Waals surface area contributed by atoms with Gasteiger partial charge < -0.3 is 5.73 Å². The van der Waals surface area contributed by atoms with Crippen LogP contribution in [0.2, 0.25) is 0 Å². The number of rotatable bonds is 5. The lowest BCUT2D eigenvalue weighted by Crippen LogP contribution is -2.49. The third-order valence-electron chi connectivity index (χ3n) is 4.40. The summed E-state index contributed by atoms with van der Waals surface area (Å²) < 4.78 is 13.4. The Kier molecular flexibility index (Phi) is 5.52. The molecular formula is C16H26FN3. The first-order valence-electron chi connectivity index (χ1n) is 7.57. The molecule has 4 heteroatoms. The Morgan fingerprint density at radius 2 is 1.90 bits per heavy atom. The van der Waals surface area contributed by atoms with Gasteiger partial charge in [0.1, 0.15) is 5.82 Å². The lowest BCUT2D eigenvalue weighted by molar-refractivity contribution is 0.0961. The summed E-state index contributed by atoms with van der Waals surface area (Å²) in [4.78, 5) is 4.93. The standard InChI is InChI=1S/C16H26FN3/c1-3-13(2)20-8-6-19(7-9-20)12-15-10-16(17)5-4-14(15)11-18/h4-5,10,13H,3,6-9,11-12,18H2,1-2H3. The van der Waals surface area contributed by atoms with E-state index in [4.69, 9.17) is 5.73 Å². The maximum atomic E-state index is 13.4. The van der Waals surface area contributed by atoms with Crippen LogP contribution in [-0.2, 0) is 13.1 Å². The zero-order valence-electron chi connectivity index (χ0n) is 12.6. The fraction of sp³-hybridized carbons (Fsp3) is 0.625. The Morgan fingerprint density at radius 1 is 1.20 bits per heavy atom. The number of hydrogen-bond acceptors (Lipinski definition) is 3. The van der Waals surface area contributed by atoms with Crippen molar-refractivity contribution in [2.75, 3.05) is 26.2 Å². The van der Waals surface area contributed by atoms with Crippen LogP contribution in [0.4, 0.5) is 4.39 Å². The van der Waals surface area contributed by atoms with Crippen LogP contribution in [0.5, 0.6) is 0 Å². The topological polar surface area (TPSA) is 32.5 Å². The minimum absolute atomic E-state index is 0.171. The van der Waals surface area contributed by atoms with Gasteiger partial charge in [-0.1, -0.05) is 13.0 Å². The highest BCUT2D eigenvalue weighted by Crippen LogP contribution is 2.16. The van der Waals surface area contributed by atoms with Crippen molar-refractivity contribution in [3.05, 3.63) is 35.1 Å². The molecule has 0 spiro atoms. The number of nitrogens with two attached hydrogens (primary N) is 1. The van der Waals surface area contributed by atoms with Crippen molar-refractivity contribution in [3.63, 3.8) is 0 Å². The van der Waals surface area contributed by atoms with E-state index in [0.717, 1.165) is 43.9 Å². The van der Waals surface area contributed by atoms with Gasteiger partial charge in [-0.25, -0.2) is 4.39 Å². The second-order valence-electron chi connectivity index (χ2n) is 5.69. The highest BCUT2D eigenvalue weighted by molar-refractivity contribution is 5.27. The van der Waals surface area contributed by atoms with Crippen LogP contribution in [0, 0.1) is 5.82 Å². The SMILES string of the molecule is CCC(C)N1CCN(Cc2cc(F)ccc2CN)CC1. The van der Waals surface area contributed by atoms with Crippen LogP contribution in [0.1, 0.15) is 31.4 Å². The van der Waals surface area contributed by atoms with Crippen LogP contribution in [0.15, 0.2) is 18.2 Å². The molecule has 2 rings (SSSR count). The van der Waals surface area contributed by atoms with Crippen LogP contribution in [0.3, 0.4) is 0 Å². The number of benzene rings is 1. The molecule has 1 aromatic rings. The highest BCUT2D eigenvalue weighted by Gasteiger charge is 2.20. The van der Waals surface area contributed by atoms with Gasteiger partial charge in [0.2, 0.25) is 0 Å². The molecule has 1 aromatic carbocycles. The minimum Gasteiger partial charge on any atom is -0.326 e. The molecule has 1 aliphatic heterocycles. The zero-order valence-corrected chi connectivity index (χ0v) is 12.6. The summed E-state index contributed by atoms with van der Waals surface area (Å²) >= 11 is 0. The van der Waals surface area contributed by atoms with Gasteiger partial charge in [0.15, 0.2) is 0 Å². The first-order valence-corrected chi connectivity index (χ1v) is 7.57. The third-order valence-corrected chi connectivity index (χ3v) is 4.40. The second kappa shape index (κ2) is 7.16. The molecule has 0 saturated carbocycles. The molecular weight excluding hydrogens is 253 g/mol. The molecule has 1 atom stereocenters. The summed E-state index contributed by atoms with van der Waals surface area (Å²) in [6.45, 7) is 10.1. The molecule has 3 nitrogen and oxygen atoms in total. The smallest absolute Gasteiger partial charge is 0.123 e. The van der Waals surface area contributed by atoms with Crippen molar-refractivity contribution in [2.45, 2.75) is 39.4 Å². The lowest BCUT2D eigenvalue weighted by atomic mass is 10.1. The monoisotopic (exact) mass is 279 g/mol. The predicted molar refractivity (Wildman–Crippen MR) is 80.9 cm³/mol. The van der Waals surface area contributed by atoms with Crippen LogP contribution in [0.25, 0.3) is 0 Å². The molecule has 1 unspecified atom stereocenters. The molecule has 1 aliphatic rings. The van der Waals surface area contributed by atoms with E-state index in [1.165, 1.54) is 12.5 Å². The summed E-state index contributed by atoms with van der Waals surface area (Å²) in [6, 6.07) is 5.58. The van der Waals surface area contributed by atoms with E-state index in [0.29, 0.717) is 12.6 Å². The van der Waals surface area contributed by atoms with Crippen molar-refractivity contribution in [1.82, 2.24) is 9.80 Å². The van der Waals surface area contributed by atoms with E-state index in [-0.39, 0.29) is 5.82 Å². The molecule has 0 bridgehead atoms. The van der Waals surface area contributed by atoms with Gasteiger partial charge in [0.05, 0.1) is 0 Å².